The molecule has 1 aliphatic rings. The van der Waals surface area contributed by atoms with Crippen molar-refractivity contribution in [3.63, 3.8) is 0 Å². The van der Waals surface area contributed by atoms with Crippen molar-refractivity contribution in [2.24, 2.45) is 11.7 Å². The van der Waals surface area contributed by atoms with Gasteiger partial charge in [0.15, 0.2) is 0 Å². The van der Waals surface area contributed by atoms with Crippen LogP contribution in [0.25, 0.3) is 0 Å². The van der Waals surface area contributed by atoms with Crippen molar-refractivity contribution < 1.29 is 0 Å². The molecule has 1 saturated heterocycles. The van der Waals surface area contributed by atoms with Crippen molar-refractivity contribution in [1.29, 1.82) is 0 Å². The number of halogens is 1. The van der Waals surface area contributed by atoms with Gasteiger partial charge in [-0.25, -0.2) is 0 Å². The maximum Gasteiger partial charge on any atom is 0.0380 e. The van der Waals surface area contributed by atoms with E-state index in [1.807, 2.05) is 0 Å². The van der Waals surface area contributed by atoms with Crippen molar-refractivity contribution in [2.45, 2.75) is 18.9 Å². The smallest absolute Gasteiger partial charge is 0.0380 e. The zero-order valence-corrected chi connectivity index (χ0v) is 6.90. The van der Waals surface area contributed by atoms with Gasteiger partial charge in [-0.2, -0.15) is 0 Å². The predicted molar refractivity (Wildman–Crippen MR) is 44.3 cm³/mol. The molecule has 0 bridgehead atoms. The third-order valence-electron chi connectivity index (χ3n) is 2.20. The first-order chi connectivity index (χ1) is 4.88. The van der Waals surface area contributed by atoms with Crippen molar-refractivity contribution in [3.8, 4) is 0 Å². The zero-order chi connectivity index (χ0) is 7.40. The second kappa shape index (κ2) is 4.16. The maximum atomic E-state index is 5.74. The SMILES string of the molecule is NC[C@@H]1CCCN[C@@H]1CCl. The van der Waals surface area contributed by atoms with E-state index >= 15 is 0 Å². The normalized spacial score (nSPS) is 34.2. The predicted octanol–water partition coefficient (Wildman–Crippen LogP) is 0.552. The van der Waals surface area contributed by atoms with Crippen LogP contribution >= 0.6 is 11.6 Å². The van der Waals surface area contributed by atoms with Crippen LogP contribution in [0.1, 0.15) is 12.8 Å². The Bertz CT molecular complexity index is 85.6. The van der Waals surface area contributed by atoms with Crippen molar-refractivity contribution >= 4 is 11.6 Å². The van der Waals surface area contributed by atoms with Crippen LogP contribution in [0.15, 0.2) is 0 Å². The van der Waals surface area contributed by atoms with Crippen LogP contribution < -0.4 is 11.1 Å². The highest BCUT2D eigenvalue weighted by molar-refractivity contribution is 6.18. The standard InChI is InChI=1S/C7H15ClN2/c8-4-7-6(5-9)2-1-3-10-7/h6-7,10H,1-5,9H2/t6-,7+/m0/s1. The molecule has 2 nitrogen and oxygen atoms in total. The molecule has 0 unspecified atom stereocenters. The summed E-state index contributed by atoms with van der Waals surface area (Å²) < 4.78 is 0. The molecule has 60 valence electrons. The lowest BCUT2D eigenvalue weighted by atomic mass is 9.92. The van der Waals surface area contributed by atoms with Gasteiger partial charge in [0.05, 0.1) is 0 Å². The third kappa shape index (κ3) is 1.84. The molecule has 2 atom stereocenters. The minimum atomic E-state index is 0.459. The molecule has 0 amide bonds. The first-order valence-electron chi connectivity index (χ1n) is 3.88. The van der Waals surface area contributed by atoms with Gasteiger partial charge < -0.3 is 11.1 Å². The summed E-state index contributed by atoms with van der Waals surface area (Å²) in [5, 5.41) is 3.36. The summed E-state index contributed by atoms with van der Waals surface area (Å²) in [6, 6.07) is 0.459. The number of alkyl halides is 1. The summed E-state index contributed by atoms with van der Waals surface area (Å²) in [6.07, 6.45) is 2.48. The number of hydrogen-bond acceptors (Lipinski definition) is 2. The fourth-order valence-corrected chi connectivity index (χ4v) is 1.84. The van der Waals surface area contributed by atoms with Gasteiger partial charge in [-0.3, -0.25) is 0 Å². The minimum absolute atomic E-state index is 0.459. The van der Waals surface area contributed by atoms with E-state index in [4.69, 9.17) is 17.3 Å². The van der Waals surface area contributed by atoms with E-state index in [0.29, 0.717) is 17.8 Å². The highest BCUT2D eigenvalue weighted by Crippen LogP contribution is 2.15. The van der Waals surface area contributed by atoms with Crippen LogP contribution in [0, 0.1) is 5.92 Å². The second-order valence-corrected chi connectivity index (χ2v) is 3.16. The molecule has 1 aliphatic heterocycles. The lowest BCUT2D eigenvalue weighted by molar-refractivity contribution is 0.306. The molecule has 0 aromatic carbocycles. The summed E-state index contributed by atoms with van der Waals surface area (Å²) in [5.74, 6) is 1.30. The second-order valence-electron chi connectivity index (χ2n) is 2.85. The Morgan fingerprint density at radius 2 is 2.40 bits per heavy atom. The molecule has 0 spiro atoms. The summed E-state index contributed by atoms with van der Waals surface area (Å²) in [4.78, 5) is 0. The Labute approximate surface area is 67.1 Å². The van der Waals surface area contributed by atoms with E-state index in [2.05, 4.69) is 5.32 Å². The Balaban J connectivity index is 2.34. The molecule has 10 heavy (non-hydrogen) atoms. The summed E-state index contributed by atoms with van der Waals surface area (Å²) in [6.45, 7) is 1.87. The summed E-state index contributed by atoms with van der Waals surface area (Å²) in [7, 11) is 0. The molecule has 1 fully saturated rings. The number of nitrogens with two attached hydrogens (primary N) is 1. The lowest BCUT2D eigenvalue weighted by Crippen LogP contribution is -2.45. The van der Waals surface area contributed by atoms with Gasteiger partial charge in [-0.05, 0) is 31.8 Å². The van der Waals surface area contributed by atoms with Gasteiger partial charge in [-0.1, -0.05) is 0 Å². The van der Waals surface area contributed by atoms with Crippen LogP contribution in [0.3, 0.4) is 0 Å². The fourth-order valence-electron chi connectivity index (χ4n) is 1.48. The van der Waals surface area contributed by atoms with Crippen LogP contribution in [-0.2, 0) is 0 Å². The third-order valence-corrected chi connectivity index (χ3v) is 2.53. The molecule has 1 rings (SSSR count). The van der Waals surface area contributed by atoms with Gasteiger partial charge in [0.1, 0.15) is 0 Å². The highest BCUT2D eigenvalue weighted by Gasteiger charge is 2.21. The molecule has 0 saturated carbocycles. The van der Waals surface area contributed by atoms with Crippen LogP contribution in [0.2, 0.25) is 0 Å². The van der Waals surface area contributed by atoms with Crippen LogP contribution in [-0.4, -0.2) is 25.0 Å². The van der Waals surface area contributed by atoms with E-state index < -0.39 is 0 Å². The monoisotopic (exact) mass is 162 g/mol. The van der Waals surface area contributed by atoms with Crippen molar-refractivity contribution in [3.05, 3.63) is 0 Å². The average Bonchev–Trinajstić information content (AvgIpc) is 2.04. The largest absolute Gasteiger partial charge is 0.330 e. The Morgan fingerprint density at radius 3 is 2.90 bits per heavy atom. The number of nitrogens with one attached hydrogen (secondary N) is 1. The van der Waals surface area contributed by atoms with E-state index in [0.717, 1.165) is 13.1 Å². The van der Waals surface area contributed by atoms with Crippen LogP contribution in [0.4, 0.5) is 0 Å². The number of hydrogen-bond donors (Lipinski definition) is 2. The van der Waals surface area contributed by atoms with Gasteiger partial charge in [0.2, 0.25) is 0 Å². The van der Waals surface area contributed by atoms with E-state index in [9.17, 15) is 0 Å². The lowest BCUT2D eigenvalue weighted by Gasteiger charge is -2.30. The molecule has 0 aromatic rings. The highest BCUT2D eigenvalue weighted by atomic mass is 35.5. The Kier molecular flexibility index (Phi) is 3.46. The Hall–Kier alpha value is 0.210. The molecular formula is C7H15ClN2. The average molecular weight is 163 g/mol. The minimum Gasteiger partial charge on any atom is -0.330 e. The number of piperidine rings is 1. The molecule has 3 heteroatoms. The van der Waals surface area contributed by atoms with Gasteiger partial charge in [-0.15, -0.1) is 11.6 Å². The molecule has 3 N–H and O–H groups in total. The Morgan fingerprint density at radius 1 is 1.60 bits per heavy atom. The molecule has 0 aliphatic carbocycles. The van der Waals surface area contributed by atoms with Crippen molar-refractivity contribution in [2.75, 3.05) is 19.0 Å². The zero-order valence-electron chi connectivity index (χ0n) is 6.15. The molecule has 1 heterocycles. The number of rotatable bonds is 2. The fraction of sp³-hybridized carbons (Fsp3) is 1.00. The summed E-state index contributed by atoms with van der Waals surface area (Å²) in [5.41, 5.74) is 5.57. The topological polar surface area (TPSA) is 38.0 Å². The van der Waals surface area contributed by atoms with Gasteiger partial charge in [0.25, 0.3) is 0 Å². The maximum absolute atomic E-state index is 5.74. The quantitative estimate of drug-likeness (QED) is 0.583. The van der Waals surface area contributed by atoms with E-state index in [1.165, 1.54) is 12.8 Å². The van der Waals surface area contributed by atoms with Crippen LogP contribution in [0.5, 0.6) is 0 Å². The van der Waals surface area contributed by atoms with Gasteiger partial charge >= 0.3 is 0 Å². The first kappa shape index (κ1) is 8.31. The van der Waals surface area contributed by atoms with Gasteiger partial charge in [0, 0.05) is 11.9 Å². The molecular weight excluding hydrogens is 148 g/mol. The van der Waals surface area contributed by atoms with Crippen molar-refractivity contribution in [1.82, 2.24) is 5.32 Å². The first-order valence-corrected chi connectivity index (χ1v) is 4.41. The molecule has 0 aromatic heterocycles. The molecule has 0 radical (unpaired) electrons. The van der Waals surface area contributed by atoms with E-state index in [1.54, 1.807) is 0 Å². The summed E-state index contributed by atoms with van der Waals surface area (Å²) >= 11 is 5.74. The van der Waals surface area contributed by atoms with E-state index in [-0.39, 0.29) is 0 Å².